The van der Waals surface area contributed by atoms with Gasteiger partial charge in [-0.25, -0.2) is 4.79 Å². The molecule has 0 unspecified atom stereocenters. The van der Waals surface area contributed by atoms with Crippen molar-refractivity contribution in [2.24, 2.45) is 5.92 Å². The topological polar surface area (TPSA) is 72.6 Å². The Morgan fingerprint density at radius 2 is 1.80 bits per heavy atom. The first kappa shape index (κ1) is 19.8. The predicted molar refractivity (Wildman–Crippen MR) is 103 cm³/mol. The Kier molecular flexibility index (Phi) is 6.14. The van der Waals surface area contributed by atoms with Crippen LogP contribution < -0.4 is 5.73 Å². The molecule has 1 amide bonds. The molecule has 25 heavy (non-hydrogen) atoms. The zero-order valence-electron chi connectivity index (χ0n) is 15.3. The first-order valence-electron chi connectivity index (χ1n) is 8.63. The Balaban J connectivity index is 1.95. The molecule has 1 aliphatic carbocycles. The summed E-state index contributed by atoms with van der Waals surface area (Å²) in [5.74, 6) is 0.0649. The van der Waals surface area contributed by atoms with Gasteiger partial charge in [0.1, 0.15) is 5.60 Å². The highest BCUT2D eigenvalue weighted by Crippen LogP contribution is 2.32. The number of carbonyl (C=O) groups is 2. The number of hydrogen-bond donors (Lipinski definition) is 1. The maximum atomic E-state index is 12.7. The first-order valence-corrected chi connectivity index (χ1v) is 9.43. The molecule has 1 aliphatic rings. The highest BCUT2D eigenvalue weighted by atomic mass is 79.9. The minimum absolute atomic E-state index is 0.0354. The molecule has 1 aromatic carbocycles. The summed E-state index contributed by atoms with van der Waals surface area (Å²) >= 11 is 3.36. The van der Waals surface area contributed by atoms with Gasteiger partial charge in [0.05, 0.1) is 0 Å². The van der Waals surface area contributed by atoms with Crippen LogP contribution in [-0.2, 0) is 4.74 Å². The highest BCUT2D eigenvalue weighted by molar-refractivity contribution is 9.10. The molecule has 0 heterocycles. The smallest absolute Gasteiger partial charge is 0.410 e. The van der Waals surface area contributed by atoms with E-state index < -0.39 is 5.60 Å². The lowest BCUT2D eigenvalue weighted by Crippen LogP contribution is -2.43. The minimum atomic E-state index is -0.502. The van der Waals surface area contributed by atoms with Crippen LogP contribution in [0.2, 0.25) is 0 Å². The summed E-state index contributed by atoms with van der Waals surface area (Å²) < 4.78 is 6.29. The van der Waals surface area contributed by atoms with Crippen LogP contribution in [0.15, 0.2) is 22.7 Å². The number of hydrogen-bond acceptors (Lipinski definition) is 4. The van der Waals surface area contributed by atoms with Gasteiger partial charge in [-0.15, -0.1) is 0 Å². The fraction of sp³-hybridized carbons (Fsp3) is 0.579. The van der Waals surface area contributed by atoms with Crippen molar-refractivity contribution in [2.45, 2.75) is 58.1 Å². The van der Waals surface area contributed by atoms with Gasteiger partial charge in [0.15, 0.2) is 5.78 Å². The van der Waals surface area contributed by atoms with Crippen molar-refractivity contribution in [1.29, 1.82) is 0 Å². The van der Waals surface area contributed by atoms with Gasteiger partial charge < -0.3 is 15.4 Å². The number of nitrogens with zero attached hydrogens (tertiary/aromatic N) is 1. The lowest BCUT2D eigenvalue weighted by Gasteiger charge is -2.35. The largest absolute Gasteiger partial charge is 0.444 e. The van der Waals surface area contributed by atoms with Gasteiger partial charge in [-0.3, -0.25) is 4.79 Å². The van der Waals surface area contributed by atoms with Crippen molar-refractivity contribution in [3.8, 4) is 0 Å². The quantitative estimate of drug-likeness (QED) is 0.581. The average molecular weight is 411 g/mol. The Bertz CT molecular complexity index is 647. The summed E-state index contributed by atoms with van der Waals surface area (Å²) in [6.07, 6.45) is 2.79. The monoisotopic (exact) mass is 410 g/mol. The van der Waals surface area contributed by atoms with E-state index in [4.69, 9.17) is 10.5 Å². The van der Waals surface area contributed by atoms with Crippen molar-refractivity contribution in [2.75, 3.05) is 12.8 Å². The molecule has 0 radical (unpaired) electrons. The van der Waals surface area contributed by atoms with Crippen LogP contribution >= 0.6 is 15.9 Å². The lowest BCUT2D eigenvalue weighted by atomic mass is 9.81. The Morgan fingerprint density at radius 1 is 1.20 bits per heavy atom. The molecule has 0 aliphatic heterocycles. The molecule has 1 saturated carbocycles. The summed E-state index contributed by atoms with van der Waals surface area (Å²) in [6, 6.07) is 5.49. The standard InChI is InChI=1S/C19H27BrN2O3/c1-19(2,3)25-18(24)22(4)14-8-5-12(6-9-14)17(23)15-10-7-13(20)11-16(15)21/h7,10-12,14H,5-6,8-9,21H2,1-4H3. The van der Waals surface area contributed by atoms with Crippen molar-refractivity contribution >= 4 is 33.5 Å². The number of anilines is 1. The van der Waals surface area contributed by atoms with Crippen LogP contribution in [-0.4, -0.2) is 35.5 Å². The lowest BCUT2D eigenvalue weighted by molar-refractivity contribution is 0.0175. The number of ether oxygens (including phenoxy) is 1. The minimum Gasteiger partial charge on any atom is -0.444 e. The van der Waals surface area contributed by atoms with Gasteiger partial charge in [0.2, 0.25) is 0 Å². The van der Waals surface area contributed by atoms with Gasteiger partial charge in [-0.1, -0.05) is 15.9 Å². The average Bonchev–Trinajstić information content (AvgIpc) is 2.52. The Hall–Kier alpha value is -1.56. The Morgan fingerprint density at radius 3 is 2.32 bits per heavy atom. The first-order chi connectivity index (χ1) is 11.6. The molecule has 6 heteroatoms. The maximum absolute atomic E-state index is 12.7. The fourth-order valence-electron chi connectivity index (χ4n) is 3.19. The van der Waals surface area contributed by atoms with E-state index >= 15 is 0 Å². The molecule has 0 spiro atoms. The van der Waals surface area contributed by atoms with Gasteiger partial charge in [0.25, 0.3) is 0 Å². The van der Waals surface area contributed by atoms with E-state index in [1.54, 1.807) is 24.1 Å². The van der Waals surface area contributed by atoms with Crippen LogP contribution in [0.3, 0.4) is 0 Å². The van der Waals surface area contributed by atoms with E-state index in [1.807, 2.05) is 26.8 Å². The fourth-order valence-corrected chi connectivity index (χ4v) is 3.56. The zero-order chi connectivity index (χ0) is 18.8. The Labute approximate surface area is 158 Å². The molecule has 0 atom stereocenters. The molecule has 5 nitrogen and oxygen atoms in total. The third kappa shape index (κ3) is 5.21. The molecular formula is C19H27BrN2O3. The maximum Gasteiger partial charge on any atom is 0.410 e. The second-order valence-corrected chi connectivity index (χ2v) is 8.61. The molecule has 2 N–H and O–H groups in total. The van der Waals surface area contributed by atoms with Crippen molar-refractivity contribution in [3.05, 3.63) is 28.2 Å². The third-order valence-corrected chi connectivity index (χ3v) is 5.07. The normalized spacial score (nSPS) is 20.8. The zero-order valence-corrected chi connectivity index (χ0v) is 16.9. The van der Waals surface area contributed by atoms with Crippen LogP contribution in [0.25, 0.3) is 0 Å². The number of amides is 1. The van der Waals surface area contributed by atoms with Crippen LogP contribution in [0, 0.1) is 5.92 Å². The number of Topliss-reactive ketones (excluding diaryl/α,β-unsaturated/α-hetero) is 1. The van der Waals surface area contributed by atoms with Crippen LogP contribution in [0.5, 0.6) is 0 Å². The van der Waals surface area contributed by atoms with Gasteiger partial charge in [-0.2, -0.15) is 0 Å². The van der Waals surface area contributed by atoms with E-state index in [-0.39, 0.29) is 23.8 Å². The molecule has 0 aromatic heterocycles. The summed E-state index contributed by atoms with van der Waals surface area (Å²) in [4.78, 5) is 26.6. The number of nitrogen functional groups attached to an aromatic ring is 1. The molecular weight excluding hydrogens is 384 g/mol. The molecule has 0 saturated heterocycles. The molecule has 0 bridgehead atoms. The second kappa shape index (κ2) is 7.77. The summed E-state index contributed by atoms with van der Waals surface area (Å²) in [5.41, 5.74) is 6.58. The van der Waals surface area contributed by atoms with Crippen LogP contribution in [0.4, 0.5) is 10.5 Å². The summed E-state index contributed by atoms with van der Waals surface area (Å²) in [7, 11) is 1.77. The van der Waals surface area contributed by atoms with Gasteiger partial charge >= 0.3 is 6.09 Å². The second-order valence-electron chi connectivity index (χ2n) is 7.69. The van der Waals surface area contributed by atoms with Gasteiger partial charge in [0, 0.05) is 34.7 Å². The van der Waals surface area contributed by atoms with E-state index in [0.29, 0.717) is 11.3 Å². The number of rotatable bonds is 3. The molecule has 1 aromatic rings. The van der Waals surface area contributed by atoms with E-state index in [0.717, 1.165) is 30.2 Å². The van der Waals surface area contributed by atoms with E-state index in [1.165, 1.54) is 0 Å². The van der Waals surface area contributed by atoms with E-state index in [9.17, 15) is 9.59 Å². The van der Waals surface area contributed by atoms with Crippen molar-refractivity contribution < 1.29 is 14.3 Å². The third-order valence-electron chi connectivity index (χ3n) is 4.58. The number of benzene rings is 1. The molecule has 1 fully saturated rings. The van der Waals surface area contributed by atoms with Crippen LogP contribution in [0.1, 0.15) is 56.8 Å². The molecule has 2 rings (SSSR count). The predicted octanol–water partition coefficient (Wildman–Crippen LogP) is 4.64. The number of ketones is 1. The molecule has 138 valence electrons. The SMILES string of the molecule is CN(C(=O)OC(C)(C)C)C1CCC(C(=O)c2ccc(Br)cc2N)CC1. The van der Waals surface area contributed by atoms with Gasteiger partial charge in [-0.05, 0) is 64.7 Å². The summed E-state index contributed by atoms with van der Waals surface area (Å²) in [5, 5.41) is 0. The van der Waals surface area contributed by atoms with Crippen molar-refractivity contribution in [3.63, 3.8) is 0 Å². The number of nitrogens with two attached hydrogens (primary N) is 1. The number of halogens is 1. The number of carbonyl (C=O) groups excluding carboxylic acids is 2. The highest BCUT2D eigenvalue weighted by Gasteiger charge is 2.32. The van der Waals surface area contributed by atoms with Crippen molar-refractivity contribution in [1.82, 2.24) is 4.90 Å². The summed E-state index contributed by atoms with van der Waals surface area (Å²) in [6.45, 7) is 5.57. The van der Waals surface area contributed by atoms with E-state index in [2.05, 4.69) is 15.9 Å².